The van der Waals surface area contributed by atoms with E-state index in [4.69, 9.17) is 0 Å². The van der Waals surface area contributed by atoms with Crippen LogP contribution >= 0.6 is 39.0 Å². The van der Waals surface area contributed by atoms with Gasteiger partial charge in [-0.1, -0.05) is 69.4 Å². The van der Waals surface area contributed by atoms with E-state index >= 15 is 0 Å². The number of nitrogens with zero attached hydrogens (tertiary/aromatic N) is 2. The molecular formula is C16H11BrFN3OS2. The molecule has 0 aliphatic rings. The average Bonchev–Trinajstić information content (AvgIpc) is 3.01. The minimum Gasteiger partial charge on any atom is -0.296 e. The number of anilines is 1. The maximum Gasteiger partial charge on any atom is 0.260 e. The Hall–Kier alpha value is -1.77. The number of rotatable bonds is 5. The van der Waals surface area contributed by atoms with Crippen molar-refractivity contribution in [1.29, 1.82) is 0 Å². The van der Waals surface area contributed by atoms with Crippen molar-refractivity contribution in [2.75, 3.05) is 5.32 Å². The number of hydrogen-bond acceptors (Lipinski definition) is 5. The Morgan fingerprint density at radius 2 is 2.00 bits per heavy atom. The minimum absolute atomic E-state index is 0.0353. The highest BCUT2D eigenvalue weighted by atomic mass is 79.9. The second kappa shape index (κ2) is 7.87. The lowest BCUT2D eigenvalue weighted by molar-refractivity contribution is 0.102. The third kappa shape index (κ3) is 4.40. The molecule has 0 bridgehead atoms. The molecule has 1 N–H and O–H groups in total. The molecule has 8 heteroatoms. The smallest absolute Gasteiger partial charge is 0.260 e. The van der Waals surface area contributed by atoms with E-state index in [0.717, 1.165) is 10.1 Å². The van der Waals surface area contributed by atoms with Gasteiger partial charge in [0.2, 0.25) is 5.13 Å². The maximum atomic E-state index is 13.8. The number of carbonyl (C=O) groups excluding carboxylic acids is 1. The van der Waals surface area contributed by atoms with Crippen molar-refractivity contribution >= 4 is 50.1 Å². The van der Waals surface area contributed by atoms with Gasteiger partial charge in [-0.25, -0.2) is 4.39 Å². The second-order valence-corrected chi connectivity index (χ2v) is 7.84. The van der Waals surface area contributed by atoms with E-state index in [9.17, 15) is 9.18 Å². The first-order valence-electron chi connectivity index (χ1n) is 6.88. The van der Waals surface area contributed by atoms with Crippen LogP contribution < -0.4 is 5.32 Å². The van der Waals surface area contributed by atoms with Gasteiger partial charge in [-0.15, -0.1) is 10.2 Å². The summed E-state index contributed by atoms with van der Waals surface area (Å²) in [6.45, 7) is 0. The van der Waals surface area contributed by atoms with Crippen molar-refractivity contribution in [3.8, 4) is 0 Å². The summed E-state index contributed by atoms with van der Waals surface area (Å²) in [6.07, 6.45) is 0. The molecule has 0 unspecified atom stereocenters. The SMILES string of the molecule is O=C(Nc1nnc(SCc2ccccc2)s1)c1ccc(Br)cc1F. The molecule has 1 amide bonds. The standard InChI is InChI=1S/C16H11BrFN3OS2/c17-11-6-7-12(13(18)8-11)14(22)19-15-20-21-16(24-15)23-9-10-4-2-1-3-5-10/h1-8H,9H2,(H,19,20,22). The van der Waals surface area contributed by atoms with E-state index in [2.05, 4.69) is 31.4 Å². The highest BCUT2D eigenvalue weighted by Crippen LogP contribution is 2.28. The third-order valence-corrected chi connectivity index (χ3v) is 5.54. The number of amides is 1. The van der Waals surface area contributed by atoms with Gasteiger partial charge in [0, 0.05) is 10.2 Å². The van der Waals surface area contributed by atoms with Crippen LogP contribution in [0.2, 0.25) is 0 Å². The Labute approximate surface area is 154 Å². The Kier molecular flexibility index (Phi) is 5.60. The van der Waals surface area contributed by atoms with Gasteiger partial charge in [0.1, 0.15) is 5.82 Å². The predicted molar refractivity (Wildman–Crippen MR) is 98.0 cm³/mol. The molecule has 0 aliphatic carbocycles. The second-order valence-electron chi connectivity index (χ2n) is 4.73. The van der Waals surface area contributed by atoms with Crippen LogP contribution in [0.3, 0.4) is 0 Å². The Morgan fingerprint density at radius 3 is 2.75 bits per heavy atom. The predicted octanol–water partition coefficient (Wildman–Crippen LogP) is 4.98. The van der Waals surface area contributed by atoms with E-state index in [-0.39, 0.29) is 5.56 Å². The van der Waals surface area contributed by atoms with Crippen molar-refractivity contribution in [3.05, 3.63) is 69.9 Å². The summed E-state index contributed by atoms with van der Waals surface area (Å²) in [5, 5.41) is 10.9. The highest BCUT2D eigenvalue weighted by Gasteiger charge is 2.14. The summed E-state index contributed by atoms with van der Waals surface area (Å²) in [4.78, 5) is 12.1. The molecular weight excluding hydrogens is 413 g/mol. The molecule has 1 aromatic heterocycles. The van der Waals surface area contributed by atoms with Crippen LogP contribution in [-0.4, -0.2) is 16.1 Å². The topological polar surface area (TPSA) is 54.9 Å². The number of thioether (sulfide) groups is 1. The molecule has 122 valence electrons. The summed E-state index contributed by atoms with van der Waals surface area (Å²) < 4.78 is 15.1. The Morgan fingerprint density at radius 1 is 1.21 bits per heavy atom. The highest BCUT2D eigenvalue weighted by molar-refractivity contribution is 9.10. The molecule has 3 aromatic rings. The monoisotopic (exact) mass is 423 g/mol. The Balaban J connectivity index is 1.62. The van der Waals surface area contributed by atoms with Gasteiger partial charge in [0.05, 0.1) is 5.56 Å². The van der Waals surface area contributed by atoms with Gasteiger partial charge in [0.15, 0.2) is 4.34 Å². The number of halogens is 2. The van der Waals surface area contributed by atoms with E-state index in [0.29, 0.717) is 9.60 Å². The van der Waals surface area contributed by atoms with Gasteiger partial charge in [0.25, 0.3) is 5.91 Å². The van der Waals surface area contributed by atoms with Gasteiger partial charge in [-0.05, 0) is 23.8 Å². The van der Waals surface area contributed by atoms with Crippen LogP contribution in [0.5, 0.6) is 0 Å². The first kappa shape index (κ1) is 17.1. The molecule has 0 aliphatic heterocycles. The van der Waals surface area contributed by atoms with Gasteiger partial charge in [-0.3, -0.25) is 10.1 Å². The number of benzene rings is 2. The van der Waals surface area contributed by atoms with Crippen LogP contribution in [-0.2, 0) is 5.75 Å². The number of hydrogen-bond donors (Lipinski definition) is 1. The lowest BCUT2D eigenvalue weighted by Crippen LogP contribution is -2.13. The van der Waals surface area contributed by atoms with E-state index in [1.54, 1.807) is 6.07 Å². The quantitative estimate of drug-likeness (QED) is 0.464. The summed E-state index contributed by atoms with van der Waals surface area (Å²) in [5.41, 5.74) is 1.15. The molecule has 0 fully saturated rings. The molecule has 1 heterocycles. The van der Waals surface area contributed by atoms with Crippen LogP contribution in [0.25, 0.3) is 0 Å². The summed E-state index contributed by atoms with van der Waals surface area (Å²) in [7, 11) is 0. The lowest BCUT2D eigenvalue weighted by Gasteiger charge is -2.02. The summed E-state index contributed by atoms with van der Waals surface area (Å²) in [6, 6.07) is 14.3. The number of carbonyl (C=O) groups is 1. The molecule has 0 atom stereocenters. The van der Waals surface area contributed by atoms with Crippen molar-refractivity contribution < 1.29 is 9.18 Å². The van der Waals surface area contributed by atoms with Crippen molar-refractivity contribution in [2.45, 2.75) is 10.1 Å². The third-order valence-electron chi connectivity index (χ3n) is 3.01. The molecule has 0 radical (unpaired) electrons. The van der Waals surface area contributed by atoms with E-state index in [1.165, 1.54) is 40.8 Å². The zero-order valence-electron chi connectivity index (χ0n) is 12.2. The van der Waals surface area contributed by atoms with Crippen molar-refractivity contribution in [2.24, 2.45) is 0 Å². The van der Waals surface area contributed by atoms with Crippen LogP contribution in [0.4, 0.5) is 9.52 Å². The molecule has 24 heavy (non-hydrogen) atoms. The van der Waals surface area contributed by atoms with Crippen LogP contribution in [0.1, 0.15) is 15.9 Å². The van der Waals surface area contributed by atoms with Crippen molar-refractivity contribution in [3.63, 3.8) is 0 Å². The summed E-state index contributed by atoms with van der Waals surface area (Å²) in [5.74, 6) is -0.370. The average molecular weight is 424 g/mol. The van der Waals surface area contributed by atoms with Crippen LogP contribution in [0, 0.1) is 5.82 Å². The number of nitrogens with one attached hydrogen (secondary N) is 1. The van der Waals surface area contributed by atoms with E-state index < -0.39 is 11.7 Å². The fraction of sp³-hybridized carbons (Fsp3) is 0.0625. The minimum atomic E-state index is -0.593. The van der Waals surface area contributed by atoms with Crippen LogP contribution in [0.15, 0.2) is 57.3 Å². The molecule has 2 aromatic carbocycles. The van der Waals surface area contributed by atoms with Crippen molar-refractivity contribution in [1.82, 2.24) is 10.2 Å². The summed E-state index contributed by atoms with van der Waals surface area (Å²) >= 11 is 5.95. The van der Waals surface area contributed by atoms with E-state index in [1.807, 2.05) is 30.3 Å². The molecule has 0 spiro atoms. The van der Waals surface area contributed by atoms with Gasteiger partial charge in [-0.2, -0.15) is 0 Å². The number of aromatic nitrogens is 2. The largest absolute Gasteiger partial charge is 0.296 e. The molecule has 0 saturated heterocycles. The van der Waals surface area contributed by atoms with Gasteiger partial charge >= 0.3 is 0 Å². The first-order valence-corrected chi connectivity index (χ1v) is 9.48. The maximum absolute atomic E-state index is 13.8. The first-order chi connectivity index (χ1) is 11.6. The lowest BCUT2D eigenvalue weighted by atomic mass is 10.2. The zero-order chi connectivity index (χ0) is 16.9. The zero-order valence-corrected chi connectivity index (χ0v) is 15.4. The molecule has 4 nitrogen and oxygen atoms in total. The molecule has 3 rings (SSSR count). The van der Waals surface area contributed by atoms with Gasteiger partial charge < -0.3 is 0 Å². The molecule has 0 saturated carbocycles. The normalized spacial score (nSPS) is 10.6. The fourth-order valence-corrected chi connectivity index (χ4v) is 3.91. The fourth-order valence-electron chi connectivity index (χ4n) is 1.88. The Bertz CT molecular complexity index is 858.